The Morgan fingerprint density at radius 3 is 2.56 bits per heavy atom. The van der Waals surface area contributed by atoms with Gasteiger partial charge in [0.05, 0.1) is 28.7 Å². The maximum absolute atomic E-state index is 13.1. The topological polar surface area (TPSA) is 104 Å². The molecule has 0 aliphatic heterocycles. The van der Waals surface area contributed by atoms with Gasteiger partial charge in [0.1, 0.15) is 18.2 Å². The van der Waals surface area contributed by atoms with Crippen LogP contribution in [0, 0.1) is 5.82 Å². The molecule has 3 aromatic rings. The number of nitrogens with two attached hydrogens (primary N) is 1. The van der Waals surface area contributed by atoms with Gasteiger partial charge in [0.15, 0.2) is 0 Å². The number of rotatable bonds is 5. The summed E-state index contributed by atoms with van der Waals surface area (Å²) >= 11 is 0. The molecule has 130 valence electrons. The van der Waals surface area contributed by atoms with Crippen molar-refractivity contribution in [2.45, 2.75) is 11.4 Å². The molecule has 25 heavy (non-hydrogen) atoms. The SMILES string of the molecule is NS(=O)(=O)c1ccc(OCCn2cnc3cc(F)ccc3c2=O)cc1. The van der Waals surface area contributed by atoms with Crippen LogP contribution in [-0.4, -0.2) is 24.6 Å². The molecule has 1 heterocycles. The van der Waals surface area contributed by atoms with Gasteiger partial charge in [0, 0.05) is 6.07 Å². The number of sulfonamides is 1. The second kappa shape index (κ2) is 6.61. The molecular formula is C16H14FN3O4S. The number of ether oxygens (including phenoxy) is 1. The van der Waals surface area contributed by atoms with E-state index >= 15 is 0 Å². The molecule has 0 unspecified atom stereocenters. The van der Waals surface area contributed by atoms with E-state index in [1.54, 1.807) is 0 Å². The predicted octanol–water partition coefficient (Wildman–Crippen LogP) is 1.26. The van der Waals surface area contributed by atoms with Gasteiger partial charge in [-0.25, -0.2) is 22.9 Å². The summed E-state index contributed by atoms with van der Waals surface area (Å²) in [5, 5.41) is 5.34. The number of halogens is 1. The van der Waals surface area contributed by atoms with E-state index in [-0.39, 0.29) is 23.6 Å². The normalized spacial score (nSPS) is 11.6. The van der Waals surface area contributed by atoms with Gasteiger partial charge in [0.2, 0.25) is 10.0 Å². The molecule has 2 aromatic carbocycles. The summed E-state index contributed by atoms with van der Waals surface area (Å²) in [7, 11) is -3.75. The highest BCUT2D eigenvalue weighted by molar-refractivity contribution is 7.89. The third-order valence-electron chi connectivity index (χ3n) is 3.54. The minimum absolute atomic E-state index is 0.0120. The first-order valence-corrected chi connectivity index (χ1v) is 8.79. The summed E-state index contributed by atoms with van der Waals surface area (Å²) in [6.45, 7) is 0.402. The quantitative estimate of drug-likeness (QED) is 0.735. The summed E-state index contributed by atoms with van der Waals surface area (Å²) in [5.41, 5.74) is -0.000996. The highest BCUT2D eigenvalue weighted by Gasteiger charge is 2.08. The maximum Gasteiger partial charge on any atom is 0.261 e. The monoisotopic (exact) mass is 363 g/mol. The molecule has 2 N–H and O–H groups in total. The molecule has 0 fully saturated rings. The summed E-state index contributed by atoms with van der Waals surface area (Å²) in [6, 6.07) is 9.42. The van der Waals surface area contributed by atoms with E-state index in [2.05, 4.69) is 4.98 Å². The Balaban J connectivity index is 1.70. The van der Waals surface area contributed by atoms with Crippen molar-refractivity contribution in [2.24, 2.45) is 5.14 Å². The molecule has 7 nitrogen and oxygen atoms in total. The number of fused-ring (bicyclic) bond motifs is 1. The number of benzene rings is 2. The third-order valence-corrected chi connectivity index (χ3v) is 4.47. The van der Waals surface area contributed by atoms with Gasteiger partial charge in [-0.1, -0.05) is 0 Å². The van der Waals surface area contributed by atoms with Crippen LogP contribution in [0.5, 0.6) is 5.75 Å². The lowest BCUT2D eigenvalue weighted by Crippen LogP contribution is -2.23. The maximum atomic E-state index is 13.1. The van der Waals surface area contributed by atoms with Gasteiger partial charge in [-0.2, -0.15) is 0 Å². The smallest absolute Gasteiger partial charge is 0.261 e. The zero-order valence-corrected chi connectivity index (χ0v) is 13.7. The van der Waals surface area contributed by atoms with Crippen molar-refractivity contribution in [2.75, 3.05) is 6.61 Å². The first-order chi connectivity index (χ1) is 11.8. The molecule has 0 amide bonds. The van der Waals surface area contributed by atoms with E-state index in [1.165, 1.54) is 53.4 Å². The van der Waals surface area contributed by atoms with E-state index in [0.29, 0.717) is 16.7 Å². The van der Waals surface area contributed by atoms with Crippen LogP contribution in [-0.2, 0) is 16.6 Å². The highest BCUT2D eigenvalue weighted by Crippen LogP contribution is 2.15. The second-order valence-corrected chi connectivity index (χ2v) is 6.83. The van der Waals surface area contributed by atoms with Crippen LogP contribution in [0.25, 0.3) is 10.9 Å². The lowest BCUT2D eigenvalue weighted by atomic mass is 10.2. The Morgan fingerprint density at radius 2 is 1.88 bits per heavy atom. The molecule has 1 aromatic heterocycles. The molecule has 0 bridgehead atoms. The number of primary sulfonamides is 1. The van der Waals surface area contributed by atoms with E-state index in [0.717, 1.165) is 0 Å². The van der Waals surface area contributed by atoms with Crippen molar-refractivity contribution in [3.05, 3.63) is 65.0 Å². The van der Waals surface area contributed by atoms with Crippen molar-refractivity contribution in [1.29, 1.82) is 0 Å². The Hall–Kier alpha value is -2.78. The van der Waals surface area contributed by atoms with E-state index in [1.807, 2.05) is 0 Å². The Labute approximate surface area is 142 Å². The van der Waals surface area contributed by atoms with Gasteiger partial charge in [-0.05, 0) is 36.4 Å². The van der Waals surface area contributed by atoms with E-state index in [4.69, 9.17) is 9.88 Å². The first-order valence-electron chi connectivity index (χ1n) is 7.25. The molecule has 0 aliphatic carbocycles. The standard InChI is InChI=1S/C16H14FN3O4S/c17-11-1-6-14-15(9-11)19-10-20(16(14)21)7-8-24-12-2-4-13(5-3-12)25(18,22)23/h1-6,9-10H,7-8H2,(H2,18,22,23). The Kier molecular flexibility index (Phi) is 4.51. The number of hydrogen-bond donors (Lipinski definition) is 1. The van der Waals surface area contributed by atoms with Crippen LogP contribution in [0.4, 0.5) is 4.39 Å². The van der Waals surface area contributed by atoms with Gasteiger partial charge < -0.3 is 4.74 Å². The summed E-state index contributed by atoms with van der Waals surface area (Å²) in [6.07, 6.45) is 1.33. The molecule has 0 saturated carbocycles. The first kappa shape index (κ1) is 17.1. The lowest BCUT2D eigenvalue weighted by molar-refractivity contribution is 0.296. The fourth-order valence-corrected chi connectivity index (χ4v) is 2.79. The molecule has 0 spiro atoms. The average molecular weight is 363 g/mol. The van der Waals surface area contributed by atoms with Gasteiger partial charge in [-0.3, -0.25) is 9.36 Å². The number of hydrogen-bond acceptors (Lipinski definition) is 5. The zero-order chi connectivity index (χ0) is 18.0. The van der Waals surface area contributed by atoms with Crippen LogP contribution in [0.3, 0.4) is 0 Å². The van der Waals surface area contributed by atoms with Crippen LogP contribution < -0.4 is 15.4 Å². The minimum Gasteiger partial charge on any atom is -0.492 e. The molecule has 0 atom stereocenters. The van der Waals surface area contributed by atoms with E-state index in [9.17, 15) is 17.6 Å². The number of aromatic nitrogens is 2. The summed E-state index contributed by atoms with van der Waals surface area (Å²) in [4.78, 5) is 16.3. The van der Waals surface area contributed by atoms with Crippen LogP contribution >= 0.6 is 0 Å². The van der Waals surface area contributed by atoms with Crippen LogP contribution in [0.1, 0.15) is 0 Å². The van der Waals surface area contributed by atoms with E-state index < -0.39 is 15.8 Å². The van der Waals surface area contributed by atoms with Gasteiger partial charge in [0.25, 0.3) is 5.56 Å². The molecule has 9 heteroatoms. The third kappa shape index (κ3) is 3.83. The Bertz CT molecular complexity index is 1080. The average Bonchev–Trinajstić information content (AvgIpc) is 2.56. The molecular weight excluding hydrogens is 349 g/mol. The van der Waals surface area contributed by atoms with Crippen molar-refractivity contribution >= 4 is 20.9 Å². The van der Waals surface area contributed by atoms with Crippen LogP contribution in [0.2, 0.25) is 0 Å². The zero-order valence-electron chi connectivity index (χ0n) is 12.9. The number of nitrogens with zero attached hydrogens (tertiary/aromatic N) is 2. The largest absolute Gasteiger partial charge is 0.492 e. The van der Waals surface area contributed by atoms with Gasteiger partial charge >= 0.3 is 0 Å². The summed E-state index contributed by atoms with van der Waals surface area (Å²) in [5.74, 6) is -0.0142. The fraction of sp³-hybridized carbons (Fsp3) is 0.125. The molecule has 3 rings (SSSR count). The Morgan fingerprint density at radius 1 is 1.16 bits per heavy atom. The van der Waals surface area contributed by atoms with Crippen LogP contribution in [0.15, 0.2) is 58.5 Å². The molecule has 0 radical (unpaired) electrons. The van der Waals surface area contributed by atoms with Crippen molar-refractivity contribution in [3.63, 3.8) is 0 Å². The second-order valence-electron chi connectivity index (χ2n) is 5.27. The van der Waals surface area contributed by atoms with Crippen molar-refractivity contribution in [3.8, 4) is 5.75 Å². The highest BCUT2D eigenvalue weighted by atomic mass is 32.2. The molecule has 0 saturated heterocycles. The predicted molar refractivity (Wildman–Crippen MR) is 89.3 cm³/mol. The minimum atomic E-state index is -3.75. The van der Waals surface area contributed by atoms with Gasteiger partial charge in [-0.15, -0.1) is 0 Å². The fourth-order valence-electron chi connectivity index (χ4n) is 2.28. The molecule has 0 aliphatic rings. The van der Waals surface area contributed by atoms with Crippen molar-refractivity contribution < 1.29 is 17.5 Å². The van der Waals surface area contributed by atoms with Crippen molar-refractivity contribution in [1.82, 2.24) is 9.55 Å². The summed E-state index contributed by atoms with van der Waals surface area (Å²) < 4.78 is 42.3. The lowest BCUT2D eigenvalue weighted by Gasteiger charge is -2.09.